The average Bonchev–Trinajstić information content (AvgIpc) is 3.01. The van der Waals surface area contributed by atoms with Gasteiger partial charge in [-0.2, -0.15) is 0 Å². The Labute approximate surface area is 110 Å². The van der Waals surface area contributed by atoms with Crippen LogP contribution in [0.3, 0.4) is 0 Å². The first-order valence-electron chi connectivity index (χ1n) is 5.75. The van der Waals surface area contributed by atoms with Gasteiger partial charge in [0.2, 0.25) is 0 Å². The summed E-state index contributed by atoms with van der Waals surface area (Å²) in [4.78, 5) is 0. The van der Waals surface area contributed by atoms with Gasteiger partial charge < -0.3 is 9.30 Å². The molecule has 2 nitrogen and oxygen atoms in total. The molecule has 90 valence electrons. The largest absolute Gasteiger partial charge is 0.360 e. The highest BCUT2D eigenvalue weighted by atomic mass is 35.5. The maximum atomic E-state index is 6.13. The number of benzene rings is 1. The Kier molecular flexibility index (Phi) is 3.03. The molecule has 1 aliphatic carbocycles. The molecular weight excluding hydrogens is 257 g/mol. The van der Waals surface area contributed by atoms with Crippen molar-refractivity contribution < 1.29 is 4.74 Å². The summed E-state index contributed by atoms with van der Waals surface area (Å²) >= 11 is 12.1. The fourth-order valence-electron chi connectivity index (χ4n) is 1.93. The lowest BCUT2D eigenvalue weighted by molar-refractivity contribution is 0.0718. The zero-order valence-corrected chi connectivity index (χ0v) is 10.8. The van der Waals surface area contributed by atoms with Crippen LogP contribution in [-0.2, 0) is 11.5 Å². The molecule has 0 unspecified atom stereocenters. The van der Waals surface area contributed by atoms with Gasteiger partial charge in [0.25, 0.3) is 0 Å². The van der Waals surface area contributed by atoms with Crippen molar-refractivity contribution in [1.29, 1.82) is 0 Å². The topological polar surface area (TPSA) is 14.2 Å². The van der Waals surface area contributed by atoms with Gasteiger partial charge in [0.05, 0.1) is 17.1 Å². The summed E-state index contributed by atoms with van der Waals surface area (Å²) in [5, 5.41) is 2.36. The second-order valence-corrected chi connectivity index (χ2v) is 5.39. The van der Waals surface area contributed by atoms with Crippen LogP contribution in [0.2, 0.25) is 10.0 Å². The van der Waals surface area contributed by atoms with Crippen LogP contribution in [0.15, 0.2) is 24.4 Å². The number of ether oxygens (including phenoxy) is 1. The van der Waals surface area contributed by atoms with E-state index < -0.39 is 0 Å². The summed E-state index contributed by atoms with van der Waals surface area (Å²) in [6.07, 6.45) is 4.61. The molecule has 1 fully saturated rings. The van der Waals surface area contributed by atoms with Gasteiger partial charge in [0.1, 0.15) is 6.73 Å². The van der Waals surface area contributed by atoms with Gasteiger partial charge in [-0.25, -0.2) is 0 Å². The highest BCUT2D eigenvalue weighted by molar-refractivity contribution is 6.38. The third-order valence-electron chi connectivity index (χ3n) is 3.08. The fourth-order valence-corrected chi connectivity index (χ4v) is 2.48. The molecule has 1 aromatic heterocycles. The maximum Gasteiger partial charge on any atom is 0.122 e. The molecule has 17 heavy (non-hydrogen) atoms. The molecule has 0 spiro atoms. The van der Waals surface area contributed by atoms with E-state index in [1.165, 1.54) is 12.8 Å². The van der Waals surface area contributed by atoms with Crippen molar-refractivity contribution in [3.8, 4) is 0 Å². The zero-order chi connectivity index (χ0) is 11.8. The summed E-state index contributed by atoms with van der Waals surface area (Å²) in [6, 6.07) is 5.68. The first kappa shape index (κ1) is 11.4. The summed E-state index contributed by atoms with van der Waals surface area (Å²) in [6.45, 7) is 1.42. The minimum Gasteiger partial charge on any atom is -0.360 e. The summed E-state index contributed by atoms with van der Waals surface area (Å²) < 4.78 is 7.70. The molecule has 0 atom stereocenters. The van der Waals surface area contributed by atoms with E-state index >= 15 is 0 Å². The predicted octanol–water partition coefficient (Wildman–Crippen LogP) is 4.33. The quantitative estimate of drug-likeness (QED) is 0.806. The van der Waals surface area contributed by atoms with Gasteiger partial charge in [0, 0.05) is 16.6 Å². The van der Waals surface area contributed by atoms with Gasteiger partial charge in [-0.15, -0.1) is 0 Å². The number of halogens is 2. The number of fused-ring (bicyclic) bond motifs is 1. The van der Waals surface area contributed by atoms with Crippen molar-refractivity contribution in [2.24, 2.45) is 5.92 Å². The fraction of sp³-hybridized carbons (Fsp3) is 0.385. The van der Waals surface area contributed by atoms with E-state index in [4.69, 9.17) is 27.9 Å². The van der Waals surface area contributed by atoms with Crippen LogP contribution >= 0.6 is 23.2 Å². The van der Waals surface area contributed by atoms with Crippen LogP contribution in [0.1, 0.15) is 12.8 Å². The molecule has 1 heterocycles. The third kappa shape index (κ3) is 2.44. The van der Waals surface area contributed by atoms with E-state index in [9.17, 15) is 0 Å². The highest BCUT2D eigenvalue weighted by Crippen LogP contribution is 2.30. The lowest BCUT2D eigenvalue weighted by atomic mass is 10.2. The van der Waals surface area contributed by atoms with Crippen LogP contribution in [0, 0.1) is 5.92 Å². The Morgan fingerprint density at radius 2 is 2.12 bits per heavy atom. The molecular formula is C13H13Cl2NO. The molecule has 4 heteroatoms. The molecule has 2 aromatic rings. The lowest BCUT2D eigenvalue weighted by Crippen LogP contribution is -2.03. The molecule has 1 aliphatic rings. The highest BCUT2D eigenvalue weighted by Gasteiger charge is 2.21. The Morgan fingerprint density at radius 1 is 1.29 bits per heavy atom. The monoisotopic (exact) mass is 269 g/mol. The zero-order valence-electron chi connectivity index (χ0n) is 9.33. The molecule has 0 aliphatic heterocycles. The first-order valence-corrected chi connectivity index (χ1v) is 6.51. The summed E-state index contributed by atoms with van der Waals surface area (Å²) in [5.41, 5.74) is 1.03. The normalized spacial score (nSPS) is 15.6. The van der Waals surface area contributed by atoms with Crippen molar-refractivity contribution in [2.45, 2.75) is 19.6 Å². The van der Waals surface area contributed by atoms with Crippen LogP contribution in [-0.4, -0.2) is 11.2 Å². The van der Waals surface area contributed by atoms with Gasteiger partial charge in [0.15, 0.2) is 0 Å². The summed E-state index contributed by atoms with van der Waals surface area (Å²) in [7, 11) is 0. The van der Waals surface area contributed by atoms with E-state index in [0.717, 1.165) is 23.4 Å². The first-order chi connectivity index (χ1) is 8.24. The molecule has 1 aromatic carbocycles. The van der Waals surface area contributed by atoms with Gasteiger partial charge in [-0.1, -0.05) is 23.2 Å². The number of aromatic nitrogens is 1. The molecule has 0 bridgehead atoms. The van der Waals surface area contributed by atoms with E-state index in [1.807, 2.05) is 22.9 Å². The number of hydrogen-bond acceptors (Lipinski definition) is 1. The Balaban J connectivity index is 1.83. The third-order valence-corrected chi connectivity index (χ3v) is 3.61. The average molecular weight is 270 g/mol. The van der Waals surface area contributed by atoms with E-state index in [-0.39, 0.29) is 0 Å². The van der Waals surface area contributed by atoms with Crippen molar-refractivity contribution in [3.63, 3.8) is 0 Å². The van der Waals surface area contributed by atoms with Crippen LogP contribution in [0.5, 0.6) is 0 Å². The molecule has 1 saturated carbocycles. The van der Waals surface area contributed by atoms with Crippen LogP contribution in [0.25, 0.3) is 10.9 Å². The second kappa shape index (κ2) is 4.52. The maximum absolute atomic E-state index is 6.13. The summed E-state index contributed by atoms with van der Waals surface area (Å²) in [5.74, 6) is 0.781. The van der Waals surface area contributed by atoms with Crippen molar-refractivity contribution >= 4 is 34.1 Å². The van der Waals surface area contributed by atoms with Crippen LogP contribution in [0.4, 0.5) is 0 Å². The second-order valence-electron chi connectivity index (χ2n) is 4.55. The molecule has 3 rings (SSSR count). The SMILES string of the molecule is Clc1cc(Cl)c2ccn(COCC3CC3)c2c1. The Bertz CT molecular complexity index is 546. The minimum atomic E-state index is 0.566. The van der Waals surface area contributed by atoms with Gasteiger partial charge in [-0.05, 0) is 37.0 Å². The minimum absolute atomic E-state index is 0.566. The van der Waals surface area contributed by atoms with Crippen molar-refractivity contribution in [2.75, 3.05) is 6.61 Å². The Morgan fingerprint density at radius 3 is 2.88 bits per heavy atom. The Hall–Kier alpha value is -0.700. The van der Waals surface area contributed by atoms with Crippen molar-refractivity contribution in [1.82, 2.24) is 4.57 Å². The van der Waals surface area contributed by atoms with Crippen LogP contribution < -0.4 is 0 Å². The van der Waals surface area contributed by atoms with E-state index in [1.54, 1.807) is 6.07 Å². The standard InChI is InChI=1S/C13H13Cl2NO/c14-10-5-12(15)11-3-4-16(13(11)6-10)8-17-7-9-1-2-9/h3-6,9H,1-2,7-8H2. The molecule has 0 N–H and O–H groups in total. The molecule has 0 saturated heterocycles. The van der Waals surface area contributed by atoms with E-state index in [2.05, 4.69) is 0 Å². The number of nitrogens with zero attached hydrogens (tertiary/aromatic N) is 1. The van der Waals surface area contributed by atoms with Gasteiger partial charge in [-0.3, -0.25) is 0 Å². The smallest absolute Gasteiger partial charge is 0.122 e. The van der Waals surface area contributed by atoms with Gasteiger partial charge >= 0.3 is 0 Å². The lowest BCUT2D eigenvalue weighted by Gasteiger charge is -2.07. The predicted molar refractivity (Wildman–Crippen MR) is 70.6 cm³/mol. The number of hydrogen-bond donors (Lipinski definition) is 0. The molecule has 0 amide bonds. The van der Waals surface area contributed by atoms with Crippen molar-refractivity contribution in [3.05, 3.63) is 34.4 Å². The number of rotatable bonds is 4. The van der Waals surface area contributed by atoms with E-state index in [0.29, 0.717) is 16.8 Å². The molecule has 0 radical (unpaired) electrons.